The summed E-state index contributed by atoms with van der Waals surface area (Å²) in [6.07, 6.45) is 3.53. The molecular weight excluding hydrogens is 206 g/mol. The summed E-state index contributed by atoms with van der Waals surface area (Å²) in [6.45, 7) is 2.27. The van der Waals surface area contributed by atoms with Gasteiger partial charge in [0.05, 0.1) is 17.8 Å². The largest absolute Gasteiger partial charge is 0.369 e. The van der Waals surface area contributed by atoms with Crippen LogP contribution >= 0.6 is 0 Å². The minimum absolute atomic E-state index is 0.0730. The van der Waals surface area contributed by atoms with Gasteiger partial charge in [0, 0.05) is 19.2 Å². The van der Waals surface area contributed by atoms with Crippen molar-refractivity contribution < 1.29 is 9.59 Å². The zero-order valence-corrected chi connectivity index (χ0v) is 9.01. The second kappa shape index (κ2) is 3.92. The van der Waals surface area contributed by atoms with Crippen molar-refractivity contribution in [3.05, 3.63) is 24.0 Å². The van der Waals surface area contributed by atoms with Crippen molar-refractivity contribution in [3.63, 3.8) is 0 Å². The molecule has 84 valence electrons. The Labute approximate surface area is 93.3 Å². The average Bonchev–Trinajstić information content (AvgIpc) is 2.60. The van der Waals surface area contributed by atoms with Crippen molar-refractivity contribution in [2.45, 2.75) is 13.3 Å². The number of carbonyl (C=O) groups excluding carboxylic acids is 2. The maximum atomic E-state index is 11.7. The van der Waals surface area contributed by atoms with E-state index in [9.17, 15) is 9.59 Å². The molecule has 5 heteroatoms. The number of nitrogens with zero attached hydrogens (tertiary/aromatic N) is 2. The number of nitrogens with two attached hydrogens (primary N) is 1. The van der Waals surface area contributed by atoms with Gasteiger partial charge in [0.25, 0.3) is 0 Å². The van der Waals surface area contributed by atoms with E-state index in [0.29, 0.717) is 6.54 Å². The molecule has 2 amide bonds. The Balaban J connectivity index is 2.23. The van der Waals surface area contributed by atoms with Crippen LogP contribution in [0.1, 0.15) is 12.0 Å². The van der Waals surface area contributed by atoms with Crippen molar-refractivity contribution >= 4 is 17.5 Å². The first-order valence-corrected chi connectivity index (χ1v) is 5.09. The number of carbonyl (C=O) groups is 2. The van der Waals surface area contributed by atoms with E-state index in [0.717, 1.165) is 11.3 Å². The van der Waals surface area contributed by atoms with Crippen molar-refractivity contribution in [2.24, 2.45) is 11.7 Å². The van der Waals surface area contributed by atoms with Gasteiger partial charge in [-0.15, -0.1) is 0 Å². The highest BCUT2D eigenvalue weighted by Crippen LogP contribution is 2.24. The van der Waals surface area contributed by atoms with Crippen molar-refractivity contribution in [1.82, 2.24) is 4.98 Å². The van der Waals surface area contributed by atoms with Crippen LogP contribution in [0.3, 0.4) is 0 Å². The highest BCUT2D eigenvalue weighted by atomic mass is 16.2. The molecule has 0 aromatic carbocycles. The van der Waals surface area contributed by atoms with Gasteiger partial charge in [-0.3, -0.25) is 14.6 Å². The maximum Gasteiger partial charge on any atom is 0.227 e. The second-order valence-corrected chi connectivity index (χ2v) is 4.03. The predicted molar refractivity (Wildman–Crippen MR) is 58.6 cm³/mol. The lowest BCUT2D eigenvalue weighted by atomic mass is 10.1. The van der Waals surface area contributed by atoms with Crippen LogP contribution in [0.2, 0.25) is 0 Å². The lowest BCUT2D eigenvalue weighted by Crippen LogP contribution is -2.28. The summed E-state index contributed by atoms with van der Waals surface area (Å²) >= 11 is 0. The van der Waals surface area contributed by atoms with E-state index >= 15 is 0 Å². The van der Waals surface area contributed by atoms with Gasteiger partial charge in [0.1, 0.15) is 0 Å². The van der Waals surface area contributed by atoms with E-state index in [-0.39, 0.29) is 18.2 Å². The number of anilines is 1. The van der Waals surface area contributed by atoms with E-state index in [1.165, 1.54) is 0 Å². The molecule has 1 aromatic heterocycles. The van der Waals surface area contributed by atoms with Crippen LogP contribution in [-0.4, -0.2) is 23.3 Å². The Hall–Kier alpha value is -1.91. The molecule has 0 radical (unpaired) electrons. The molecule has 1 atom stereocenters. The monoisotopic (exact) mass is 219 g/mol. The van der Waals surface area contributed by atoms with Crippen LogP contribution in [0.25, 0.3) is 0 Å². The van der Waals surface area contributed by atoms with Gasteiger partial charge in [-0.25, -0.2) is 0 Å². The van der Waals surface area contributed by atoms with Crippen LogP contribution in [-0.2, 0) is 9.59 Å². The molecule has 2 rings (SSSR count). The highest BCUT2D eigenvalue weighted by molar-refractivity contribution is 5.99. The van der Waals surface area contributed by atoms with E-state index in [1.54, 1.807) is 17.3 Å². The van der Waals surface area contributed by atoms with E-state index < -0.39 is 5.91 Å². The number of aromatic nitrogens is 1. The average molecular weight is 219 g/mol. The number of hydrogen-bond donors (Lipinski definition) is 1. The molecule has 1 fully saturated rings. The molecule has 1 aliphatic heterocycles. The van der Waals surface area contributed by atoms with Gasteiger partial charge >= 0.3 is 0 Å². The number of pyridine rings is 1. The Bertz CT molecular complexity index is 445. The predicted octanol–water partition coefficient (Wildman–Crippen LogP) is 0.228. The lowest BCUT2D eigenvalue weighted by molar-refractivity contribution is -0.123. The van der Waals surface area contributed by atoms with Crippen LogP contribution in [0.4, 0.5) is 5.69 Å². The van der Waals surface area contributed by atoms with Crippen molar-refractivity contribution in [2.75, 3.05) is 11.4 Å². The number of hydrogen-bond acceptors (Lipinski definition) is 3. The number of rotatable bonds is 2. The summed E-state index contributed by atoms with van der Waals surface area (Å²) in [5, 5.41) is 0. The normalized spacial score (nSPS) is 20.2. The third-order valence-corrected chi connectivity index (χ3v) is 2.70. The standard InChI is InChI=1S/C11H13N3O2/c1-7-2-9(5-13-4-7)14-6-8(11(12)16)3-10(14)15/h2,4-5,8H,3,6H2,1H3,(H2,12,16). The molecule has 0 saturated carbocycles. The number of primary amides is 1. The molecule has 1 aromatic rings. The van der Waals surface area contributed by atoms with Gasteiger partial charge in [0.15, 0.2) is 0 Å². The first-order valence-electron chi connectivity index (χ1n) is 5.09. The summed E-state index contributed by atoms with van der Waals surface area (Å²) < 4.78 is 0. The molecule has 1 unspecified atom stereocenters. The van der Waals surface area contributed by atoms with Crippen molar-refractivity contribution in [1.29, 1.82) is 0 Å². The maximum absolute atomic E-state index is 11.7. The third-order valence-electron chi connectivity index (χ3n) is 2.70. The smallest absolute Gasteiger partial charge is 0.227 e. The van der Waals surface area contributed by atoms with E-state index in [4.69, 9.17) is 5.73 Å². The van der Waals surface area contributed by atoms with Crippen LogP contribution in [0.15, 0.2) is 18.5 Å². The highest BCUT2D eigenvalue weighted by Gasteiger charge is 2.33. The Morgan fingerprint density at radius 1 is 1.56 bits per heavy atom. The van der Waals surface area contributed by atoms with Gasteiger partial charge in [-0.2, -0.15) is 0 Å². The Morgan fingerprint density at radius 3 is 2.88 bits per heavy atom. The fourth-order valence-electron chi connectivity index (χ4n) is 1.83. The van der Waals surface area contributed by atoms with E-state index in [2.05, 4.69) is 4.98 Å². The molecular formula is C11H13N3O2. The minimum Gasteiger partial charge on any atom is -0.369 e. The van der Waals surface area contributed by atoms with Crippen molar-refractivity contribution in [3.8, 4) is 0 Å². The summed E-state index contributed by atoms with van der Waals surface area (Å²) in [4.78, 5) is 28.3. The summed E-state index contributed by atoms with van der Waals surface area (Å²) in [5.74, 6) is -0.874. The molecule has 1 aliphatic rings. The minimum atomic E-state index is -0.420. The number of amides is 2. The SMILES string of the molecule is Cc1cncc(N2CC(C(N)=O)CC2=O)c1. The number of aryl methyl sites for hydroxylation is 1. The third kappa shape index (κ3) is 1.88. The topological polar surface area (TPSA) is 76.3 Å². The van der Waals surface area contributed by atoms with Crippen LogP contribution in [0, 0.1) is 12.8 Å². The second-order valence-electron chi connectivity index (χ2n) is 4.03. The molecule has 0 bridgehead atoms. The van der Waals surface area contributed by atoms with Crippen LogP contribution < -0.4 is 10.6 Å². The van der Waals surface area contributed by atoms with Gasteiger partial charge < -0.3 is 10.6 Å². The lowest BCUT2D eigenvalue weighted by Gasteiger charge is -2.15. The summed E-state index contributed by atoms with van der Waals surface area (Å²) in [7, 11) is 0. The Morgan fingerprint density at radius 2 is 2.31 bits per heavy atom. The first-order chi connectivity index (χ1) is 7.58. The quantitative estimate of drug-likeness (QED) is 0.773. The molecule has 0 aliphatic carbocycles. The van der Waals surface area contributed by atoms with Gasteiger partial charge in [-0.1, -0.05) is 0 Å². The molecule has 1 saturated heterocycles. The van der Waals surface area contributed by atoms with E-state index in [1.807, 2.05) is 13.0 Å². The molecule has 2 N–H and O–H groups in total. The first kappa shape index (κ1) is 10.6. The summed E-state index contributed by atoms with van der Waals surface area (Å²) in [6, 6.07) is 1.87. The molecule has 5 nitrogen and oxygen atoms in total. The molecule has 2 heterocycles. The zero-order valence-electron chi connectivity index (χ0n) is 9.01. The Kier molecular flexibility index (Phi) is 2.60. The van der Waals surface area contributed by atoms with Gasteiger partial charge in [-0.05, 0) is 18.6 Å². The fourth-order valence-corrected chi connectivity index (χ4v) is 1.83. The fraction of sp³-hybridized carbons (Fsp3) is 0.364. The molecule has 0 spiro atoms. The zero-order chi connectivity index (χ0) is 11.7. The molecule has 16 heavy (non-hydrogen) atoms. The summed E-state index contributed by atoms with van der Waals surface area (Å²) in [5.41, 5.74) is 6.91. The van der Waals surface area contributed by atoms with Crippen LogP contribution in [0.5, 0.6) is 0 Å². The van der Waals surface area contributed by atoms with Gasteiger partial charge in [0.2, 0.25) is 11.8 Å².